The Morgan fingerprint density at radius 2 is 1.39 bits per heavy atom. The van der Waals surface area contributed by atoms with Gasteiger partial charge in [-0.2, -0.15) is 0 Å². The molecule has 3 aromatic rings. The number of aliphatic hydroxyl groups excluding tert-OH is 1. The highest BCUT2D eigenvalue weighted by Crippen LogP contribution is 2.41. The molecular formula is C28H30O5. The molecule has 0 saturated carbocycles. The molecule has 0 bridgehead atoms. The van der Waals surface area contributed by atoms with Gasteiger partial charge in [0.15, 0.2) is 0 Å². The van der Waals surface area contributed by atoms with Crippen LogP contribution in [0.3, 0.4) is 0 Å². The van der Waals surface area contributed by atoms with Crippen LogP contribution < -0.4 is 0 Å². The molecule has 5 heteroatoms. The van der Waals surface area contributed by atoms with Crippen molar-refractivity contribution in [3.8, 4) is 0 Å². The topological polar surface area (TPSA) is 65.0 Å². The van der Waals surface area contributed by atoms with Crippen LogP contribution in [0.1, 0.15) is 36.5 Å². The van der Waals surface area contributed by atoms with Gasteiger partial charge in [-0.3, -0.25) is 4.79 Å². The van der Waals surface area contributed by atoms with E-state index in [1.807, 2.05) is 54.6 Å². The van der Waals surface area contributed by atoms with Gasteiger partial charge < -0.3 is 19.3 Å². The summed E-state index contributed by atoms with van der Waals surface area (Å²) in [5.74, 6) is -0.316. The Balaban J connectivity index is 1.65. The predicted octanol–water partition coefficient (Wildman–Crippen LogP) is 4.47. The molecule has 3 atom stereocenters. The average Bonchev–Trinajstić information content (AvgIpc) is 3.20. The van der Waals surface area contributed by atoms with Crippen LogP contribution in [0.4, 0.5) is 0 Å². The second-order valence-corrected chi connectivity index (χ2v) is 8.20. The summed E-state index contributed by atoms with van der Waals surface area (Å²) < 4.78 is 17.8. The Kier molecular flexibility index (Phi) is 7.55. The minimum absolute atomic E-state index is 0.128. The summed E-state index contributed by atoms with van der Waals surface area (Å²) in [4.78, 5) is 11.9. The smallest absolute Gasteiger partial charge is 0.308 e. The highest BCUT2D eigenvalue weighted by Gasteiger charge is 2.41. The molecule has 3 aromatic carbocycles. The number of benzene rings is 3. The number of rotatable bonds is 9. The standard InChI is InChI=1S/C28H30O5/c1-2-31-27(30)19-24-18-25(29)26(33-24)20-32-28(21-12-6-3-7-13-21,22-14-8-4-9-15-22)23-16-10-5-11-17-23/h3-17,24-26,29H,2,18-20H2,1H3/t24-,25+,26-/m1/s1. The van der Waals surface area contributed by atoms with Gasteiger partial charge in [-0.05, 0) is 23.6 Å². The van der Waals surface area contributed by atoms with Gasteiger partial charge in [0.1, 0.15) is 11.7 Å². The molecule has 5 nitrogen and oxygen atoms in total. The molecule has 1 saturated heterocycles. The molecule has 1 aliphatic heterocycles. The van der Waals surface area contributed by atoms with E-state index in [2.05, 4.69) is 36.4 Å². The van der Waals surface area contributed by atoms with Crippen molar-refractivity contribution in [3.63, 3.8) is 0 Å². The quantitative estimate of drug-likeness (QED) is 0.388. The molecule has 0 spiro atoms. The number of hydrogen-bond acceptors (Lipinski definition) is 5. The van der Waals surface area contributed by atoms with Crippen LogP contribution in [0.15, 0.2) is 91.0 Å². The lowest BCUT2D eigenvalue weighted by Crippen LogP contribution is -2.38. The molecule has 1 aliphatic rings. The first-order chi connectivity index (χ1) is 16.1. The molecule has 0 unspecified atom stereocenters. The Morgan fingerprint density at radius 3 is 1.85 bits per heavy atom. The van der Waals surface area contributed by atoms with E-state index >= 15 is 0 Å². The summed E-state index contributed by atoms with van der Waals surface area (Å²) >= 11 is 0. The normalized spacial score (nSPS) is 20.5. The predicted molar refractivity (Wildman–Crippen MR) is 126 cm³/mol. The maximum Gasteiger partial charge on any atom is 0.308 e. The van der Waals surface area contributed by atoms with E-state index in [9.17, 15) is 9.90 Å². The first-order valence-corrected chi connectivity index (χ1v) is 11.4. The van der Waals surface area contributed by atoms with E-state index in [1.165, 1.54) is 0 Å². The Labute approximate surface area is 194 Å². The van der Waals surface area contributed by atoms with Crippen molar-refractivity contribution >= 4 is 5.97 Å². The van der Waals surface area contributed by atoms with Crippen molar-refractivity contribution in [2.45, 2.75) is 43.7 Å². The van der Waals surface area contributed by atoms with Gasteiger partial charge in [0.25, 0.3) is 0 Å². The second kappa shape index (κ2) is 10.8. The number of esters is 1. The third kappa shape index (κ3) is 5.17. The molecule has 0 aliphatic carbocycles. The molecule has 0 amide bonds. The molecule has 33 heavy (non-hydrogen) atoms. The fraction of sp³-hybridized carbons (Fsp3) is 0.321. The van der Waals surface area contributed by atoms with Crippen LogP contribution in [0, 0.1) is 0 Å². The lowest BCUT2D eigenvalue weighted by Gasteiger charge is -2.37. The van der Waals surface area contributed by atoms with Gasteiger partial charge in [0, 0.05) is 6.42 Å². The van der Waals surface area contributed by atoms with Crippen molar-refractivity contribution in [1.82, 2.24) is 0 Å². The van der Waals surface area contributed by atoms with Crippen LogP contribution in [0.5, 0.6) is 0 Å². The van der Waals surface area contributed by atoms with Crippen molar-refractivity contribution in [2.75, 3.05) is 13.2 Å². The van der Waals surface area contributed by atoms with Crippen molar-refractivity contribution in [3.05, 3.63) is 108 Å². The van der Waals surface area contributed by atoms with Crippen LogP contribution in [0.25, 0.3) is 0 Å². The van der Waals surface area contributed by atoms with Gasteiger partial charge >= 0.3 is 5.97 Å². The monoisotopic (exact) mass is 446 g/mol. The largest absolute Gasteiger partial charge is 0.466 e. The summed E-state index contributed by atoms with van der Waals surface area (Å²) in [6.07, 6.45) is -1.14. The summed E-state index contributed by atoms with van der Waals surface area (Å²) in [7, 11) is 0. The van der Waals surface area contributed by atoms with E-state index in [4.69, 9.17) is 14.2 Å². The zero-order chi connectivity index (χ0) is 23.1. The molecule has 172 valence electrons. The van der Waals surface area contributed by atoms with Gasteiger partial charge in [-0.1, -0.05) is 91.0 Å². The Morgan fingerprint density at radius 1 is 0.909 bits per heavy atom. The fourth-order valence-electron chi connectivity index (χ4n) is 4.48. The van der Waals surface area contributed by atoms with E-state index in [1.54, 1.807) is 6.92 Å². The van der Waals surface area contributed by atoms with E-state index < -0.39 is 17.8 Å². The maximum atomic E-state index is 11.9. The zero-order valence-electron chi connectivity index (χ0n) is 18.8. The molecule has 0 radical (unpaired) electrons. The molecular weight excluding hydrogens is 416 g/mol. The number of ether oxygens (including phenoxy) is 3. The van der Waals surface area contributed by atoms with E-state index in [0.717, 1.165) is 16.7 Å². The SMILES string of the molecule is CCOC(=O)C[C@H]1C[C@H](O)[C@@H](COC(c2ccccc2)(c2ccccc2)c2ccccc2)O1. The molecule has 0 aromatic heterocycles. The second-order valence-electron chi connectivity index (χ2n) is 8.20. The molecule has 1 heterocycles. The zero-order valence-corrected chi connectivity index (χ0v) is 18.8. The van der Waals surface area contributed by atoms with Crippen LogP contribution in [-0.4, -0.2) is 42.6 Å². The van der Waals surface area contributed by atoms with E-state index in [-0.39, 0.29) is 25.1 Å². The van der Waals surface area contributed by atoms with Crippen LogP contribution in [-0.2, 0) is 24.6 Å². The van der Waals surface area contributed by atoms with Crippen LogP contribution >= 0.6 is 0 Å². The lowest BCUT2D eigenvalue weighted by molar-refractivity contribution is -0.147. The van der Waals surface area contributed by atoms with Crippen LogP contribution in [0.2, 0.25) is 0 Å². The summed E-state index contributed by atoms with van der Waals surface area (Å²) in [5.41, 5.74) is 2.07. The first-order valence-electron chi connectivity index (χ1n) is 11.4. The lowest BCUT2D eigenvalue weighted by atomic mass is 9.80. The summed E-state index contributed by atoms with van der Waals surface area (Å²) in [6.45, 7) is 2.27. The number of carbonyl (C=O) groups excluding carboxylic acids is 1. The summed E-state index contributed by atoms with van der Waals surface area (Å²) in [6, 6.07) is 30.2. The third-order valence-electron chi connectivity index (χ3n) is 6.01. The molecule has 4 rings (SSSR count). The van der Waals surface area contributed by atoms with Crippen molar-refractivity contribution < 1.29 is 24.1 Å². The highest BCUT2D eigenvalue weighted by atomic mass is 16.6. The Bertz CT molecular complexity index is 910. The number of aliphatic hydroxyl groups is 1. The number of hydrogen-bond donors (Lipinski definition) is 1. The molecule has 1 fully saturated rings. The van der Waals surface area contributed by atoms with Gasteiger partial charge in [0.2, 0.25) is 0 Å². The van der Waals surface area contributed by atoms with Crippen molar-refractivity contribution in [2.24, 2.45) is 0 Å². The third-order valence-corrected chi connectivity index (χ3v) is 6.01. The highest BCUT2D eigenvalue weighted by molar-refractivity contribution is 5.70. The van der Waals surface area contributed by atoms with Gasteiger partial charge in [-0.25, -0.2) is 0 Å². The first kappa shape index (κ1) is 23.2. The van der Waals surface area contributed by atoms with Gasteiger partial charge in [0.05, 0.1) is 31.8 Å². The van der Waals surface area contributed by atoms with E-state index in [0.29, 0.717) is 13.0 Å². The van der Waals surface area contributed by atoms with Gasteiger partial charge in [-0.15, -0.1) is 0 Å². The maximum absolute atomic E-state index is 11.9. The summed E-state index contributed by atoms with van der Waals surface area (Å²) in [5, 5.41) is 10.7. The van der Waals surface area contributed by atoms with Crippen molar-refractivity contribution in [1.29, 1.82) is 0 Å². The minimum atomic E-state index is -0.883. The Hall–Kier alpha value is -2.99. The average molecular weight is 447 g/mol. The molecule has 1 N–H and O–H groups in total. The fourth-order valence-corrected chi connectivity index (χ4v) is 4.48. The number of carbonyl (C=O) groups is 1. The minimum Gasteiger partial charge on any atom is -0.466 e.